The Morgan fingerprint density at radius 3 is 2.61 bits per heavy atom. The fraction of sp³-hybridized carbons (Fsp3) is 0.176. The maximum atomic E-state index is 12.9. The summed E-state index contributed by atoms with van der Waals surface area (Å²) in [6.07, 6.45) is -0.859. The van der Waals surface area contributed by atoms with Crippen LogP contribution in [0.15, 0.2) is 46.4 Å². The third-order valence-corrected chi connectivity index (χ3v) is 3.90. The van der Waals surface area contributed by atoms with E-state index in [1.807, 2.05) is 0 Å². The number of amides is 2. The van der Waals surface area contributed by atoms with E-state index in [2.05, 4.69) is 15.6 Å². The quantitative estimate of drug-likeness (QED) is 0.421. The minimum absolute atomic E-state index is 0.0489. The third-order valence-electron chi connectivity index (χ3n) is 3.57. The molecule has 11 heteroatoms. The molecule has 1 heterocycles. The number of carbonyl (C=O) groups excluding carboxylic acids is 2. The van der Waals surface area contributed by atoms with Crippen molar-refractivity contribution in [3.05, 3.63) is 57.5 Å². The normalized spacial score (nSPS) is 15.4. The minimum Gasteiger partial charge on any atom is -0.368 e. The molecule has 1 aromatic carbocycles. The molecule has 148 valence electrons. The lowest BCUT2D eigenvalue weighted by Crippen LogP contribution is -2.35. The van der Waals surface area contributed by atoms with Crippen molar-refractivity contribution in [1.29, 1.82) is 5.41 Å². The molecule has 0 radical (unpaired) electrons. The molecule has 0 aliphatic carbocycles. The molecule has 28 heavy (non-hydrogen) atoms. The van der Waals surface area contributed by atoms with Crippen LogP contribution in [-0.4, -0.2) is 30.8 Å². The molecule has 0 spiro atoms. The van der Waals surface area contributed by atoms with Gasteiger partial charge in [0.15, 0.2) is 0 Å². The topological polar surface area (TPSA) is 120 Å². The molecule has 0 fully saturated rings. The average Bonchev–Trinajstić information content (AvgIpc) is 2.62. The molecular formula is C17H15ClF3N5O2. The number of nitrogens with zero attached hydrogens (tertiary/aromatic N) is 1. The molecule has 1 aliphatic heterocycles. The number of halogens is 4. The van der Waals surface area contributed by atoms with Crippen LogP contribution in [-0.2, 0) is 22.2 Å². The van der Waals surface area contributed by atoms with E-state index in [0.717, 1.165) is 12.3 Å². The zero-order valence-electron chi connectivity index (χ0n) is 14.2. The Labute approximate surface area is 162 Å². The Bertz CT molecular complexity index is 907. The number of rotatable bonds is 6. The van der Waals surface area contributed by atoms with Crippen molar-refractivity contribution in [3.8, 4) is 0 Å². The smallest absolute Gasteiger partial charge is 0.368 e. The number of primary amides is 1. The van der Waals surface area contributed by atoms with Crippen molar-refractivity contribution in [3.63, 3.8) is 0 Å². The number of aliphatic imine (C=N–C) groups is 1. The largest absolute Gasteiger partial charge is 0.417 e. The summed E-state index contributed by atoms with van der Waals surface area (Å²) >= 11 is 5.60. The van der Waals surface area contributed by atoms with E-state index in [1.54, 1.807) is 0 Å². The second kappa shape index (κ2) is 8.70. The van der Waals surface area contributed by atoms with Crippen molar-refractivity contribution in [1.82, 2.24) is 10.6 Å². The van der Waals surface area contributed by atoms with Gasteiger partial charge in [0, 0.05) is 25.0 Å². The summed E-state index contributed by atoms with van der Waals surface area (Å²) in [5.41, 5.74) is 4.79. The first kappa shape index (κ1) is 21.2. The van der Waals surface area contributed by atoms with Crippen LogP contribution in [0.3, 0.4) is 0 Å². The van der Waals surface area contributed by atoms with Crippen LogP contribution in [0, 0.1) is 5.41 Å². The minimum atomic E-state index is -4.56. The van der Waals surface area contributed by atoms with Crippen LogP contribution in [0.2, 0.25) is 5.02 Å². The molecule has 0 saturated carbocycles. The number of nitrogens with one attached hydrogen (secondary N) is 3. The van der Waals surface area contributed by atoms with Gasteiger partial charge in [-0.25, -0.2) is 4.99 Å². The highest BCUT2D eigenvalue weighted by molar-refractivity contribution is 6.31. The lowest BCUT2D eigenvalue weighted by Gasteiger charge is -2.15. The highest BCUT2D eigenvalue weighted by Crippen LogP contribution is 2.35. The molecule has 1 aromatic rings. The van der Waals surface area contributed by atoms with E-state index in [-0.39, 0.29) is 22.8 Å². The molecule has 7 nitrogen and oxygen atoms in total. The van der Waals surface area contributed by atoms with Gasteiger partial charge in [-0.1, -0.05) is 17.7 Å². The molecular weight excluding hydrogens is 399 g/mol. The Kier molecular flexibility index (Phi) is 6.57. The molecule has 0 atom stereocenters. The molecule has 5 N–H and O–H groups in total. The van der Waals surface area contributed by atoms with Crippen molar-refractivity contribution >= 4 is 35.8 Å². The molecule has 1 aliphatic rings. The van der Waals surface area contributed by atoms with Gasteiger partial charge in [0.05, 0.1) is 22.7 Å². The van der Waals surface area contributed by atoms with E-state index in [9.17, 15) is 22.8 Å². The number of nitrogens with two attached hydrogens (primary N) is 1. The van der Waals surface area contributed by atoms with Crippen molar-refractivity contribution in [2.75, 3.05) is 6.54 Å². The Hall–Kier alpha value is -3.14. The average molecular weight is 414 g/mol. The van der Waals surface area contributed by atoms with Gasteiger partial charge in [0.25, 0.3) is 5.91 Å². The van der Waals surface area contributed by atoms with Crippen LogP contribution in [0.25, 0.3) is 0 Å². The van der Waals surface area contributed by atoms with E-state index >= 15 is 0 Å². The Morgan fingerprint density at radius 1 is 1.36 bits per heavy atom. The molecule has 2 rings (SSSR count). The second-order valence-electron chi connectivity index (χ2n) is 5.67. The van der Waals surface area contributed by atoms with E-state index in [4.69, 9.17) is 22.7 Å². The molecule has 0 bridgehead atoms. The standard InChI is InChI=1S/C17H15ClF3N5O2/c18-13-2-1-9(4-12(13)17(19,20)21)3-10-6-24-15(25-7-10)11(5-22)16(28)26-8-14(23)27/h1-2,4-7,22,24H,3,8H2,(H2,23,27)(H,26,28)/b15-11-,22-5?. The fourth-order valence-corrected chi connectivity index (χ4v) is 2.49. The summed E-state index contributed by atoms with van der Waals surface area (Å²) < 4.78 is 38.8. The first-order valence-corrected chi connectivity index (χ1v) is 8.16. The van der Waals surface area contributed by atoms with Crippen molar-refractivity contribution in [2.45, 2.75) is 12.6 Å². The SMILES string of the molecule is N=C/C(C(=O)NCC(N)=O)=C1/N=CC(Cc2ccc(Cl)c(C(F)(F)F)c2)=CN1. The fourth-order valence-electron chi connectivity index (χ4n) is 2.27. The Morgan fingerprint density at radius 2 is 2.07 bits per heavy atom. The maximum absolute atomic E-state index is 12.9. The Balaban J connectivity index is 2.14. The van der Waals surface area contributed by atoms with Gasteiger partial charge >= 0.3 is 6.18 Å². The van der Waals surface area contributed by atoms with E-state index < -0.39 is 30.1 Å². The molecule has 2 amide bonds. The van der Waals surface area contributed by atoms with Gasteiger partial charge in [-0.2, -0.15) is 13.2 Å². The molecule has 0 unspecified atom stereocenters. The number of alkyl halides is 3. The van der Waals surface area contributed by atoms with Crippen LogP contribution >= 0.6 is 11.6 Å². The number of carbonyl (C=O) groups is 2. The predicted octanol–water partition coefficient (Wildman–Crippen LogP) is 1.92. The number of allylic oxidation sites excluding steroid dienone is 1. The zero-order chi connectivity index (χ0) is 20.9. The first-order valence-electron chi connectivity index (χ1n) is 7.78. The maximum Gasteiger partial charge on any atom is 0.417 e. The lowest BCUT2D eigenvalue weighted by molar-refractivity contribution is -0.137. The van der Waals surface area contributed by atoms with E-state index in [1.165, 1.54) is 24.5 Å². The number of hydrogen-bond donors (Lipinski definition) is 4. The summed E-state index contributed by atoms with van der Waals surface area (Å²) in [7, 11) is 0. The van der Waals surface area contributed by atoms with E-state index in [0.29, 0.717) is 11.1 Å². The molecule has 0 saturated heterocycles. The van der Waals surface area contributed by atoms with Crippen LogP contribution in [0.5, 0.6) is 0 Å². The molecule has 0 aromatic heterocycles. The lowest BCUT2D eigenvalue weighted by atomic mass is 10.0. The summed E-state index contributed by atoms with van der Waals surface area (Å²) in [6.45, 7) is -0.396. The summed E-state index contributed by atoms with van der Waals surface area (Å²) in [6, 6.07) is 3.61. The zero-order valence-corrected chi connectivity index (χ0v) is 15.0. The van der Waals surface area contributed by atoms with Crippen molar-refractivity contribution in [2.24, 2.45) is 10.7 Å². The first-order chi connectivity index (χ1) is 13.1. The van der Waals surface area contributed by atoms with Crippen LogP contribution in [0.4, 0.5) is 13.2 Å². The monoisotopic (exact) mass is 413 g/mol. The second-order valence-corrected chi connectivity index (χ2v) is 6.07. The van der Waals surface area contributed by atoms with Gasteiger partial charge in [-0.3, -0.25) is 9.59 Å². The highest BCUT2D eigenvalue weighted by Gasteiger charge is 2.33. The van der Waals surface area contributed by atoms with Gasteiger partial charge in [-0.15, -0.1) is 0 Å². The summed E-state index contributed by atoms with van der Waals surface area (Å²) in [5, 5.41) is 11.9. The summed E-state index contributed by atoms with van der Waals surface area (Å²) in [5.74, 6) is -1.42. The third kappa shape index (κ3) is 5.43. The van der Waals surface area contributed by atoms with Gasteiger partial charge in [0.2, 0.25) is 5.91 Å². The summed E-state index contributed by atoms with van der Waals surface area (Å²) in [4.78, 5) is 26.7. The number of benzene rings is 1. The van der Waals surface area contributed by atoms with Crippen LogP contribution < -0.4 is 16.4 Å². The van der Waals surface area contributed by atoms with Crippen molar-refractivity contribution < 1.29 is 22.8 Å². The highest BCUT2D eigenvalue weighted by atomic mass is 35.5. The van der Waals surface area contributed by atoms with Gasteiger partial charge < -0.3 is 21.8 Å². The van der Waals surface area contributed by atoms with Gasteiger partial charge in [-0.05, 0) is 23.3 Å². The number of hydrogen-bond acceptors (Lipinski definition) is 5. The van der Waals surface area contributed by atoms with Crippen LogP contribution in [0.1, 0.15) is 11.1 Å². The predicted molar refractivity (Wildman–Crippen MR) is 97.9 cm³/mol. The van der Waals surface area contributed by atoms with Gasteiger partial charge in [0.1, 0.15) is 5.82 Å².